The van der Waals surface area contributed by atoms with E-state index >= 15 is 0 Å². The Bertz CT molecular complexity index is 381. The number of nitrogen functional groups attached to an aromatic ring is 1. The summed E-state index contributed by atoms with van der Waals surface area (Å²) in [6.07, 6.45) is 1.92. The lowest BCUT2D eigenvalue weighted by atomic mass is 9.89. The first-order valence-electron chi connectivity index (χ1n) is 5.75. The Kier molecular flexibility index (Phi) is 3.25. The van der Waals surface area contributed by atoms with Gasteiger partial charge in [-0.1, -0.05) is 12.1 Å². The van der Waals surface area contributed by atoms with E-state index < -0.39 is 0 Å². The van der Waals surface area contributed by atoms with Crippen LogP contribution in [0.3, 0.4) is 0 Å². The molecule has 0 aliphatic carbocycles. The zero-order valence-corrected chi connectivity index (χ0v) is 9.65. The number of carbonyl (C=O) groups is 1. The van der Waals surface area contributed by atoms with Crippen LogP contribution >= 0.6 is 0 Å². The molecule has 0 atom stereocenters. The van der Waals surface area contributed by atoms with Gasteiger partial charge in [0.25, 0.3) is 0 Å². The molecule has 2 N–H and O–H groups in total. The number of nitrogens with two attached hydrogens (primary N) is 1. The van der Waals surface area contributed by atoms with Crippen LogP contribution in [0.2, 0.25) is 0 Å². The van der Waals surface area contributed by atoms with Crippen LogP contribution in [-0.4, -0.2) is 30.8 Å². The normalized spacial score (nSPS) is 18.6. The van der Waals surface area contributed by atoms with Gasteiger partial charge in [0, 0.05) is 17.2 Å². The zero-order chi connectivity index (χ0) is 11.5. The summed E-state index contributed by atoms with van der Waals surface area (Å²) in [5, 5.41) is 0. The summed E-state index contributed by atoms with van der Waals surface area (Å²) in [5.41, 5.74) is 7.11. The molecule has 0 bridgehead atoms. The van der Waals surface area contributed by atoms with E-state index in [1.54, 1.807) is 6.07 Å². The monoisotopic (exact) mass is 218 g/mol. The van der Waals surface area contributed by atoms with E-state index in [0.717, 1.165) is 31.5 Å². The lowest BCUT2D eigenvalue weighted by Gasteiger charge is -2.28. The minimum absolute atomic E-state index is 0.179. The molecule has 1 aliphatic rings. The summed E-state index contributed by atoms with van der Waals surface area (Å²) >= 11 is 0. The maximum absolute atomic E-state index is 12.2. The second kappa shape index (κ2) is 4.66. The minimum atomic E-state index is 0.179. The number of benzene rings is 1. The number of nitrogens with zero attached hydrogens (tertiary/aromatic N) is 1. The highest BCUT2D eigenvalue weighted by molar-refractivity contribution is 5.98. The largest absolute Gasteiger partial charge is 0.399 e. The molecule has 0 aromatic heterocycles. The fraction of sp³-hybridized carbons (Fsp3) is 0.462. The van der Waals surface area contributed by atoms with E-state index in [2.05, 4.69) is 11.9 Å². The predicted molar refractivity (Wildman–Crippen MR) is 65.4 cm³/mol. The molecule has 1 heterocycles. The fourth-order valence-corrected chi connectivity index (χ4v) is 2.20. The summed E-state index contributed by atoms with van der Waals surface area (Å²) in [4.78, 5) is 14.5. The molecule has 0 amide bonds. The Balaban J connectivity index is 2.08. The quantitative estimate of drug-likeness (QED) is 0.608. The molecule has 1 aromatic carbocycles. The van der Waals surface area contributed by atoms with Gasteiger partial charge in [0.05, 0.1) is 0 Å². The SMILES string of the molecule is CN1CCC(C(=O)c2cccc(N)c2)CC1. The Morgan fingerprint density at radius 2 is 2.06 bits per heavy atom. The number of Topliss-reactive ketones (excluding diaryl/α,β-unsaturated/α-hetero) is 1. The van der Waals surface area contributed by atoms with Gasteiger partial charge in [0.2, 0.25) is 0 Å². The molecular formula is C13H18N2O. The van der Waals surface area contributed by atoms with Crippen molar-refractivity contribution in [3.63, 3.8) is 0 Å². The molecular weight excluding hydrogens is 200 g/mol. The number of likely N-dealkylation sites (tertiary alicyclic amines) is 1. The average molecular weight is 218 g/mol. The van der Waals surface area contributed by atoms with Crippen LogP contribution in [0.4, 0.5) is 5.69 Å². The number of rotatable bonds is 2. The number of hydrogen-bond acceptors (Lipinski definition) is 3. The number of anilines is 1. The van der Waals surface area contributed by atoms with Crippen LogP contribution < -0.4 is 5.73 Å². The van der Waals surface area contributed by atoms with E-state index in [9.17, 15) is 4.79 Å². The van der Waals surface area contributed by atoms with Gasteiger partial charge in [-0.25, -0.2) is 0 Å². The van der Waals surface area contributed by atoms with Crippen molar-refractivity contribution in [3.8, 4) is 0 Å². The zero-order valence-electron chi connectivity index (χ0n) is 9.65. The van der Waals surface area contributed by atoms with Gasteiger partial charge in [-0.05, 0) is 45.1 Å². The first-order chi connectivity index (χ1) is 7.66. The summed E-state index contributed by atoms with van der Waals surface area (Å²) in [7, 11) is 2.10. The van der Waals surface area contributed by atoms with E-state index in [1.165, 1.54) is 0 Å². The molecule has 3 nitrogen and oxygen atoms in total. The maximum atomic E-state index is 12.2. The molecule has 0 saturated carbocycles. The fourth-order valence-electron chi connectivity index (χ4n) is 2.20. The van der Waals surface area contributed by atoms with Crippen LogP contribution in [0.15, 0.2) is 24.3 Å². The van der Waals surface area contributed by atoms with E-state index in [4.69, 9.17) is 5.73 Å². The van der Waals surface area contributed by atoms with Crippen LogP contribution in [0.5, 0.6) is 0 Å². The summed E-state index contributed by atoms with van der Waals surface area (Å²) in [6.45, 7) is 2.03. The highest BCUT2D eigenvalue weighted by Crippen LogP contribution is 2.21. The van der Waals surface area contributed by atoms with Crippen LogP contribution in [0.25, 0.3) is 0 Å². The molecule has 2 rings (SSSR count). The highest BCUT2D eigenvalue weighted by Gasteiger charge is 2.24. The van der Waals surface area contributed by atoms with Crippen molar-refractivity contribution in [2.24, 2.45) is 5.92 Å². The third-order valence-corrected chi connectivity index (χ3v) is 3.26. The summed E-state index contributed by atoms with van der Waals surface area (Å²) in [6, 6.07) is 7.29. The van der Waals surface area contributed by atoms with Gasteiger partial charge < -0.3 is 10.6 Å². The van der Waals surface area contributed by atoms with Gasteiger partial charge in [-0.3, -0.25) is 4.79 Å². The standard InChI is InChI=1S/C13H18N2O/c1-15-7-5-10(6-8-15)13(16)11-3-2-4-12(14)9-11/h2-4,9-10H,5-8,14H2,1H3. The van der Waals surface area contributed by atoms with Gasteiger partial charge in [-0.2, -0.15) is 0 Å². The Labute approximate surface area is 96.2 Å². The third kappa shape index (κ3) is 2.42. The maximum Gasteiger partial charge on any atom is 0.166 e. The van der Waals surface area contributed by atoms with Crippen LogP contribution in [0, 0.1) is 5.92 Å². The first-order valence-corrected chi connectivity index (χ1v) is 5.75. The minimum Gasteiger partial charge on any atom is -0.399 e. The molecule has 1 aromatic rings. The Morgan fingerprint density at radius 3 is 2.69 bits per heavy atom. The molecule has 1 saturated heterocycles. The van der Waals surface area contributed by atoms with E-state index in [1.807, 2.05) is 18.2 Å². The van der Waals surface area contributed by atoms with Crippen molar-refractivity contribution < 1.29 is 4.79 Å². The Hall–Kier alpha value is -1.35. The molecule has 86 valence electrons. The average Bonchev–Trinajstić information content (AvgIpc) is 2.29. The van der Waals surface area contributed by atoms with E-state index in [-0.39, 0.29) is 11.7 Å². The van der Waals surface area contributed by atoms with Crippen molar-refractivity contribution in [2.45, 2.75) is 12.8 Å². The molecule has 0 radical (unpaired) electrons. The third-order valence-electron chi connectivity index (χ3n) is 3.26. The van der Waals surface area contributed by atoms with Crippen molar-refractivity contribution in [3.05, 3.63) is 29.8 Å². The summed E-state index contributed by atoms with van der Waals surface area (Å²) in [5.74, 6) is 0.429. The lowest BCUT2D eigenvalue weighted by Crippen LogP contribution is -2.33. The molecule has 1 aliphatic heterocycles. The van der Waals surface area contributed by atoms with Gasteiger partial charge in [0.1, 0.15) is 0 Å². The van der Waals surface area contributed by atoms with Crippen molar-refractivity contribution in [1.82, 2.24) is 4.90 Å². The van der Waals surface area contributed by atoms with Crippen LogP contribution in [-0.2, 0) is 0 Å². The van der Waals surface area contributed by atoms with Crippen molar-refractivity contribution in [1.29, 1.82) is 0 Å². The number of ketones is 1. The molecule has 0 unspecified atom stereocenters. The topological polar surface area (TPSA) is 46.3 Å². The molecule has 3 heteroatoms. The number of carbonyl (C=O) groups excluding carboxylic acids is 1. The van der Waals surface area contributed by atoms with Gasteiger partial charge in [-0.15, -0.1) is 0 Å². The van der Waals surface area contributed by atoms with E-state index in [0.29, 0.717) is 5.69 Å². The first kappa shape index (κ1) is 11.1. The van der Waals surface area contributed by atoms with Crippen LogP contribution in [0.1, 0.15) is 23.2 Å². The summed E-state index contributed by atoms with van der Waals surface area (Å²) < 4.78 is 0. The van der Waals surface area contributed by atoms with Crippen molar-refractivity contribution in [2.75, 3.05) is 25.9 Å². The molecule has 1 fully saturated rings. The van der Waals surface area contributed by atoms with Crippen molar-refractivity contribution >= 4 is 11.5 Å². The smallest absolute Gasteiger partial charge is 0.166 e. The number of piperidine rings is 1. The number of hydrogen-bond donors (Lipinski definition) is 1. The van der Waals surface area contributed by atoms with Gasteiger partial charge in [0.15, 0.2) is 5.78 Å². The second-order valence-electron chi connectivity index (χ2n) is 4.57. The second-order valence-corrected chi connectivity index (χ2v) is 4.57. The Morgan fingerprint density at radius 1 is 1.38 bits per heavy atom. The molecule has 0 spiro atoms. The predicted octanol–water partition coefficient (Wildman–Crippen LogP) is 1.79. The highest BCUT2D eigenvalue weighted by atomic mass is 16.1. The van der Waals surface area contributed by atoms with Gasteiger partial charge >= 0.3 is 0 Å². The lowest BCUT2D eigenvalue weighted by molar-refractivity contribution is 0.0857. The molecule has 16 heavy (non-hydrogen) atoms.